The molecule has 0 heterocycles. The predicted octanol–water partition coefficient (Wildman–Crippen LogP) is 3.35. The summed E-state index contributed by atoms with van der Waals surface area (Å²) in [6.45, 7) is 6.00. The summed E-state index contributed by atoms with van der Waals surface area (Å²) in [6.07, 6.45) is 0.558. The van der Waals surface area contributed by atoms with Gasteiger partial charge in [-0.15, -0.1) is 0 Å². The van der Waals surface area contributed by atoms with Gasteiger partial charge in [0, 0.05) is 18.9 Å². The number of Topliss-reactive ketones (excluding diaryl/α,β-unsaturated/α-hetero) is 1. The van der Waals surface area contributed by atoms with E-state index in [1.165, 1.54) is 12.1 Å². The Hall–Kier alpha value is -0.930. The topological polar surface area (TPSA) is 43.1 Å². The van der Waals surface area contributed by atoms with Crippen LogP contribution < -0.4 is 5.73 Å². The highest BCUT2D eigenvalue weighted by molar-refractivity contribution is 6.30. The van der Waals surface area contributed by atoms with Crippen LogP contribution in [0.25, 0.3) is 0 Å². The summed E-state index contributed by atoms with van der Waals surface area (Å²) in [6, 6.07) is 4.15. The van der Waals surface area contributed by atoms with Gasteiger partial charge < -0.3 is 5.73 Å². The molecule has 100 valence electrons. The average molecular weight is 272 g/mol. The normalized spacial score (nSPS) is 13.4. The van der Waals surface area contributed by atoms with Gasteiger partial charge in [0.1, 0.15) is 11.6 Å². The molecule has 0 aliphatic rings. The summed E-state index contributed by atoms with van der Waals surface area (Å²) >= 11 is 5.66. The molecule has 1 atom stereocenters. The number of hydrogen-bond donors (Lipinski definition) is 1. The van der Waals surface area contributed by atoms with Gasteiger partial charge in [0.25, 0.3) is 0 Å². The maximum atomic E-state index is 13.0. The van der Waals surface area contributed by atoms with Gasteiger partial charge in [0.15, 0.2) is 0 Å². The number of benzene rings is 1. The van der Waals surface area contributed by atoms with Crippen molar-refractivity contribution in [3.05, 3.63) is 34.6 Å². The summed E-state index contributed by atoms with van der Waals surface area (Å²) in [5.74, 6) is -0.431. The molecule has 1 aromatic carbocycles. The summed E-state index contributed by atoms with van der Waals surface area (Å²) < 4.78 is 13.0. The zero-order valence-corrected chi connectivity index (χ0v) is 11.7. The lowest BCUT2D eigenvalue weighted by Crippen LogP contribution is -2.37. The number of carbonyl (C=O) groups is 1. The number of rotatable bonds is 4. The minimum absolute atomic E-state index is 0.0418. The van der Waals surface area contributed by atoms with Gasteiger partial charge in [-0.05, 0) is 23.1 Å². The number of nitrogens with two attached hydrogens (primary N) is 1. The molecule has 0 aromatic heterocycles. The van der Waals surface area contributed by atoms with Crippen molar-refractivity contribution in [2.75, 3.05) is 0 Å². The smallest absolute Gasteiger partial charge is 0.141 e. The SMILES string of the molecule is CC(C)(C)C(N)CC(=O)Cc1ccc(F)c(Cl)c1. The van der Waals surface area contributed by atoms with Crippen LogP contribution in [0, 0.1) is 11.2 Å². The molecule has 0 saturated carbocycles. The fourth-order valence-corrected chi connectivity index (χ4v) is 1.70. The van der Waals surface area contributed by atoms with Crippen LogP contribution >= 0.6 is 11.6 Å². The highest BCUT2D eigenvalue weighted by Crippen LogP contribution is 2.21. The van der Waals surface area contributed by atoms with Crippen molar-refractivity contribution in [2.24, 2.45) is 11.1 Å². The van der Waals surface area contributed by atoms with Gasteiger partial charge in [-0.2, -0.15) is 0 Å². The molecule has 0 fully saturated rings. The lowest BCUT2D eigenvalue weighted by molar-refractivity contribution is -0.119. The summed E-state index contributed by atoms with van der Waals surface area (Å²) in [5, 5.41) is 0.0421. The molecule has 0 aliphatic heterocycles. The average Bonchev–Trinajstić information content (AvgIpc) is 2.22. The number of hydrogen-bond acceptors (Lipinski definition) is 2. The number of ketones is 1. The van der Waals surface area contributed by atoms with Crippen LogP contribution in [-0.4, -0.2) is 11.8 Å². The molecule has 2 N–H and O–H groups in total. The first-order chi connectivity index (χ1) is 8.20. The largest absolute Gasteiger partial charge is 0.327 e. The molecule has 0 aliphatic carbocycles. The lowest BCUT2D eigenvalue weighted by atomic mass is 9.84. The van der Waals surface area contributed by atoms with Crippen LogP contribution in [-0.2, 0) is 11.2 Å². The van der Waals surface area contributed by atoms with Crippen LogP contribution in [0.2, 0.25) is 5.02 Å². The Kier molecular flexibility index (Phi) is 4.88. The molecule has 1 aromatic rings. The summed E-state index contributed by atoms with van der Waals surface area (Å²) in [5.41, 5.74) is 6.57. The van der Waals surface area contributed by atoms with Crippen LogP contribution in [0.15, 0.2) is 18.2 Å². The maximum Gasteiger partial charge on any atom is 0.141 e. The van der Waals surface area contributed by atoms with Crippen molar-refractivity contribution in [3.8, 4) is 0 Å². The Bertz CT molecular complexity index is 440. The van der Waals surface area contributed by atoms with E-state index in [9.17, 15) is 9.18 Å². The molecule has 0 radical (unpaired) electrons. The van der Waals surface area contributed by atoms with Crippen molar-refractivity contribution in [1.82, 2.24) is 0 Å². The quantitative estimate of drug-likeness (QED) is 0.913. The van der Waals surface area contributed by atoms with E-state index in [0.717, 1.165) is 0 Å². The zero-order chi connectivity index (χ0) is 13.9. The molecular weight excluding hydrogens is 253 g/mol. The molecule has 0 saturated heterocycles. The molecule has 2 nitrogen and oxygen atoms in total. The van der Waals surface area contributed by atoms with Gasteiger partial charge in [-0.25, -0.2) is 4.39 Å². The Morgan fingerprint density at radius 1 is 1.44 bits per heavy atom. The molecule has 0 spiro atoms. The third kappa shape index (κ3) is 4.39. The van der Waals surface area contributed by atoms with Crippen molar-refractivity contribution < 1.29 is 9.18 Å². The minimum Gasteiger partial charge on any atom is -0.327 e. The first kappa shape index (κ1) is 15.1. The van der Waals surface area contributed by atoms with E-state index < -0.39 is 5.82 Å². The molecule has 4 heteroatoms. The van der Waals surface area contributed by atoms with Crippen molar-refractivity contribution >= 4 is 17.4 Å². The van der Waals surface area contributed by atoms with E-state index in [2.05, 4.69) is 0 Å². The van der Waals surface area contributed by atoms with Crippen LogP contribution in [0.3, 0.4) is 0 Å². The molecule has 1 rings (SSSR count). The fraction of sp³-hybridized carbons (Fsp3) is 0.500. The van der Waals surface area contributed by atoms with Gasteiger partial charge in [0.05, 0.1) is 5.02 Å². The Morgan fingerprint density at radius 3 is 2.56 bits per heavy atom. The van der Waals surface area contributed by atoms with E-state index in [1.54, 1.807) is 6.07 Å². The van der Waals surface area contributed by atoms with Gasteiger partial charge in [-0.1, -0.05) is 38.4 Å². The first-order valence-corrected chi connectivity index (χ1v) is 6.29. The van der Waals surface area contributed by atoms with Crippen LogP contribution in [0.4, 0.5) is 4.39 Å². The van der Waals surface area contributed by atoms with Crippen molar-refractivity contribution in [3.63, 3.8) is 0 Å². The number of carbonyl (C=O) groups excluding carboxylic acids is 1. The van der Waals surface area contributed by atoms with E-state index in [1.807, 2.05) is 20.8 Å². The predicted molar refractivity (Wildman–Crippen MR) is 72.2 cm³/mol. The second-order valence-electron chi connectivity index (χ2n) is 5.64. The third-order valence-corrected chi connectivity index (χ3v) is 3.23. The van der Waals surface area contributed by atoms with Crippen molar-refractivity contribution in [2.45, 2.75) is 39.7 Å². The van der Waals surface area contributed by atoms with Crippen LogP contribution in [0.1, 0.15) is 32.8 Å². The maximum absolute atomic E-state index is 13.0. The third-order valence-electron chi connectivity index (χ3n) is 2.95. The minimum atomic E-state index is -0.473. The first-order valence-electron chi connectivity index (χ1n) is 5.91. The van der Waals surface area contributed by atoms with Gasteiger partial charge >= 0.3 is 0 Å². The molecule has 0 bridgehead atoms. The second-order valence-corrected chi connectivity index (χ2v) is 6.05. The summed E-state index contributed by atoms with van der Waals surface area (Å²) in [4.78, 5) is 11.8. The Morgan fingerprint density at radius 2 is 2.06 bits per heavy atom. The molecule has 1 unspecified atom stereocenters. The van der Waals surface area contributed by atoms with E-state index in [-0.39, 0.29) is 28.7 Å². The second kappa shape index (κ2) is 5.81. The van der Waals surface area contributed by atoms with Crippen molar-refractivity contribution in [1.29, 1.82) is 0 Å². The fourth-order valence-electron chi connectivity index (χ4n) is 1.50. The molecular formula is C14H19ClFNO. The van der Waals surface area contributed by atoms with Crippen LogP contribution in [0.5, 0.6) is 0 Å². The number of halogens is 2. The molecule has 0 amide bonds. The van der Waals surface area contributed by atoms with E-state index >= 15 is 0 Å². The Balaban J connectivity index is 2.62. The summed E-state index contributed by atoms with van der Waals surface area (Å²) in [7, 11) is 0. The highest BCUT2D eigenvalue weighted by atomic mass is 35.5. The standard InChI is InChI=1S/C14H19ClFNO/c1-14(2,3)13(17)8-10(18)6-9-4-5-12(16)11(15)7-9/h4-5,7,13H,6,8,17H2,1-3H3. The van der Waals surface area contributed by atoms with Gasteiger partial charge in [0.2, 0.25) is 0 Å². The Labute approximate surface area is 112 Å². The van der Waals surface area contributed by atoms with Gasteiger partial charge in [-0.3, -0.25) is 4.79 Å². The van der Waals surface area contributed by atoms with E-state index in [0.29, 0.717) is 12.0 Å². The monoisotopic (exact) mass is 271 g/mol. The highest BCUT2D eigenvalue weighted by Gasteiger charge is 2.23. The van der Waals surface area contributed by atoms with E-state index in [4.69, 9.17) is 17.3 Å². The lowest BCUT2D eigenvalue weighted by Gasteiger charge is -2.26. The zero-order valence-electron chi connectivity index (χ0n) is 11.0. The molecule has 18 heavy (non-hydrogen) atoms.